The Morgan fingerprint density at radius 1 is 1.00 bits per heavy atom. The van der Waals surface area contributed by atoms with E-state index in [1.54, 1.807) is 0 Å². The lowest BCUT2D eigenvalue weighted by molar-refractivity contribution is -0.137. The monoisotopic (exact) mass is 284 g/mol. The highest BCUT2D eigenvalue weighted by atomic mass is 19.4. The molecule has 0 aliphatic carbocycles. The lowest BCUT2D eigenvalue weighted by atomic mass is 10.1. The van der Waals surface area contributed by atoms with Crippen LogP contribution >= 0.6 is 0 Å². The summed E-state index contributed by atoms with van der Waals surface area (Å²) in [6.45, 7) is 0. The van der Waals surface area contributed by atoms with Crippen molar-refractivity contribution in [2.24, 2.45) is 0 Å². The zero-order valence-corrected chi connectivity index (χ0v) is 10.4. The topological polar surface area (TPSA) is 94.0 Å². The molecule has 0 atom stereocenters. The fraction of sp³-hybridized carbons (Fsp3) is 0.182. The van der Waals surface area contributed by atoms with Crippen molar-refractivity contribution in [1.29, 1.82) is 0 Å². The molecule has 0 saturated heterocycles. The number of alkyl halides is 3. The third-order valence-electron chi connectivity index (χ3n) is 2.53. The lowest BCUT2D eigenvalue weighted by Gasteiger charge is -2.21. The van der Waals surface area contributed by atoms with Gasteiger partial charge in [-0.3, -0.25) is 0 Å². The molecule has 0 amide bonds. The Morgan fingerprint density at radius 2 is 1.55 bits per heavy atom. The highest BCUT2D eigenvalue weighted by Gasteiger charge is 2.34. The summed E-state index contributed by atoms with van der Waals surface area (Å²) in [6.07, 6.45) is -4.49. The zero-order chi connectivity index (χ0) is 14.9. The Hall–Kier alpha value is -2.58. The van der Waals surface area contributed by atoms with E-state index < -0.39 is 11.7 Å². The first kappa shape index (κ1) is 13.8. The van der Waals surface area contributed by atoms with Gasteiger partial charge in [0.25, 0.3) is 0 Å². The van der Waals surface area contributed by atoms with Crippen LogP contribution in [-0.2, 0) is 6.18 Å². The number of halogens is 3. The van der Waals surface area contributed by atoms with E-state index in [9.17, 15) is 13.2 Å². The van der Waals surface area contributed by atoms with Gasteiger partial charge in [-0.15, -0.1) is 0 Å². The Bertz CT molecular complexity index is 608. The molecular weight excluding hydrogens is 273 g/mol. The number of para-hydroxylation sites is 1. The van der Waals surface area contributed by atoms with Crippen molar-refractivity contribution in [3.63, 3.8) is 0 Å². The van der Waals surface area contributed by atoms with Gasteiger partial charge >= 0.3 is 6.18 Å². The van der Waals surface area contributed by atoms with Gasteiger partial charge in [0.15, 0.2) is 0 Å². The van der Waals surface area contributed by atoms with Crippen LogP contribution in [0.25, 0.3) is 0 Å². The maximum atomic E-state index is 13.0. The highest BCUT2D eigenvalue weighted by Crippen LogP contribution is 2.37. The SMILES string of the molecule is CN(c1nc(N)nc(N)n1)c1ccccc1C(F)(F)F. The number of anilines is 4. The quantitative estimate of drug-likeness (QED) is 0.873. The summed E-state index contributed by atoms with van der Waals surface area (Å²) >= 11 is 0. The van der Waals surface area contributed by atoms with Gasteiger partial charge in [-0.05, 0) is 12.1 Å². The summed E-state index contributed by atoms with van der Waals surface area (Å²) in [5.41, 5.74) is 9.90. The van der Waals surface area contributed by atoms with Crippen LogP contribution in [0.2, 0.25) is 0 Å². The second kappa shape index (κ2) is 4.83. The fourth-order valence-electron chi connectivity index (χ4n) is 1.66. The average molecular weight is 284 g/mol. The smallest absolute Gasteiger partial charge is 0.368 e. The first-order valence-electron chi connectivity index (χ1n) is 5.46. The van der Waals surface area contributed by atoms with Gasteiger partial charge in [-0.1, -0.05) is 12.1 Å². The molecule has 0 radical (unpaired) electrons. The summed E-state index contributed by atoms with van der Waals surface area (Å²) in [5.74, 6) is -0.389. The molecule has 1 heterocycles. The second-order valence-electron chi connectivity index (χ2n) is 3.93. The Morgan fingerprint density at radius 3 is 2.10 bits per heavy atom. The van der Waals surface area contributed by atoms with Crippen molar-refractivity contribution < 1.29 is 13.2 Å². The summed E-state index contributed by atoms with van der Waals surface area (Å²) in [6, 6.07) is 5.06. The maximum absolute atomic E-state index is 13.0. The molecular formula is C11H11F3N6. The van der Waals surface area contributed by atoms with Crippen molar-refractivity contribution in [2.75, 3.05) is 23.4 Å². The minimum absolute atomic E-state index is 0.0632. The number of aromatic nitrogens is 3. The Labute approximate surface area is 112 Å². The van der Waals surface area contributed by atoms with Gasteiger partial charge in [-0.2, -0.15) is 28.1 Å². The van der Waals surface area contributed by atoms with Crippen LogP contribution in [0.3, 0.4) is 0 Å². The molecule has 0 unspecified atom stereocenters. The average Bonchev–Trinajstić information content (AvgIpc) is 2.35. The van der Waals surface area contributed by atoms with Crippen LogP contribution in [-0.4, -0.2) is 22.0 Å². The number of nitrogens with two attached hydrogens (primary N) is 2. The molecule has 20 heavy (non-hydrogen) atoms. The van der Waals surface area contributed by atoms with E-state index in [0.717, 1.165) is 11.0 Å². The van der Waals surface area contributed by atoms with Crippen molar-refractivity contribution in [3.8, 4) is 0 Å². The molecule has 2 aromatic rings. The third kappa shape index (κ3) is 2.71. The van der Waals surface area contributed by atoms with Gasteiger partial charge in [-0.25, -0.2) is 0 Å². The van der Waals surface area contributed by atoms with Gasteiger partial charge in [0.2, 0.25) is 17.8 Å². The summed E-state index contributed by atoms with van der Waals surface area (Å²) in [7, 11) is 1.39. The zero-order valence-electron chi connectivity index (χ0n) is 10.4. The minimum Gasteiger partial charge on any atom is -0.368 e. The predicted molar refractivity (Wildman–Crippen MR) is 68.2 cm³/mol. The van der Waals surface area contributed by atoms with E-state index in [4.69, 9.17) is 11.5 Å². The third-order valence-corrected chi connectivity index (χ3v) is 2.53. The lowest BCUT2D eigenvalue weighted by Crippen LogP contribution is -2.20. The molecule has 0 aliphatic heterocycles. The molecule has 4 N–H and O–H groups in total. The highest BCUT2D eigenvalue weighted by molar-refractivity contribution is 5.62. The molecule has 0 spiro atoms. The molecule has 0 aliphatic rings. The first-order chi connectivity index (χ1) is 9.29. The van der Waals surface area contributed by atoms with Crippen LogP contribution in [0.15, 0.2) is 24.3 Å². The molecule has 1 aromatic heterocycles. The van der Waals surface area contributed by atoms with Gasteiger partial charge in [0.1, 0.15) is 0 Å². The number of benzene rings is 1. The first-order valence-corrected chi connectivity index (χ1v) is 5.46. The van der Waals surface area contributed by atoms with Gasteiger partial charge in [0, 0.05) is 7.05 Å². The molecule has 6 nitrogen and oxygen atoms in total. The van der Waals surface area contributed by atoms with Crippen molar-refractivity contribution in [1.82, 2.24) is 15.0 Å². The summed E-state index contributed by atoms with van der Waals surface area (Å²) < 4.78 is 38.9. The van der Waals surface area contributed by atoms with Crippen LogP contribution in [0.4, 0.5) is 36.7 Å². The molecule has 0 bridgehead atoms. The van der Waals surface area contributed by atoms with E-state index in [-0.39, 0.29) is 23.5 Å². The number of rotatable bonds is 2. The van der Waals surface area contributed by atoms with Crippen molar-refractivity contribution >= 4 is 23.5 Å². The maximum Gasteiger partial charge on any atom is 0.418 e. The number of nitrogens with zero attached hydrogens (tertiary/aromatic N) is 4. The molecule has 2 rings (SSSR count). The van der Waals surface area contributed by atoms with E-state index in [1.165, 1.54) is 25.2 Å². The summed E-state index contributed by atoms with van der Waals surface area (Å²) in [4.78, 5) is 12.3. The molecule has 0 fully saturated rings. The second-order valence-corrected chi connectivity index (χ2v) is 3.93. The summed E-state index contributed by atoms with van der Waals surface area (Å²) in [5, 5.41) is 0. The van der Waals surface area contributed by atoms with Crippen molar-refractivity contribution in [2.45, 2.75) is 6.18 Å². The fourth-order valence-corrected chi connectivity index (χ4v) is 1.66. The van der Waals surface area contributed by atoms with Gasteiger partial charge in [0.05, 0.1) is 11.3 Å². The van der Waals surface area contributed by atoms with Crippen molar-refractivity contribution in [3.05, 3.63) is 29.8 Å². The standard InChI is InChI=1S/C11H11F3N6/c1-20(10-18-8(15)17-9(16)19-10)7-5-3-2-4-6(7)11(12,13)14/h2-5H,1H3,(H4,15,16,17,18,19). The Balaban J connectivity index is 2.51. The van der Waals surface area contributed by atoms with Crippen LogP contribution < -0.4 is 16.4 Å². The number of nitrogen functional groups attached to an aromatic ring is 2. The Kier molecular flexibility index (Phi) is 3.35. The van der Waals surface area contributed by atoms with E-state index in [1.807, 2.05) is 0 Å². The van der Waals surface area contributed by atoms with E-state index in [2.05, 4.69) is 15.0 Å². The normalized spacial score (nSPS) is 11.4. The molecule has 0 saturated carbocycles. The van der Waals surface area contributed by atoms with E-state index >= 15 is 0 Å². The van der Waals surface area contributed by atoms with Crippen LogP contribution in [0, 0.1) is 0 Å². The number of hydrogen-bond donors (Lipinski definition) is 2. The van der Waals surface area contributed by atoms with Gasteiger partial charge < -0.3 is 16.4 Å². The van der Waals surface area contributed by atoms with Crippen LogP contribution in [0.5, 0.6) is 0 Å². The molecule has 106 valence electrons. The van der Waals surface area contributed by atoms with E-state index in [0.29, 0.717) is 0 Å². The molecule has 9 heteroatoms. The number of hydrogen-bond acceptors (Lipinski definition) is 6. The largest absolute Gasteiger partial charge is 0.418 e. The molecule has 1 aromatic carbocycles. The minimum atomic E-state index is -4.49. The predicted octanol–water partition coefficient (Wildman–Crippen LogP) is 1.82. The van der Waals surface area contributed by atoms with Crippen LogP contribution in [0.1, 0.15) is 5.56 Å².